The number of amides is 1. The third-order valence-corrected chi connectivity index (χ3v) is 7.66. The van der Waals surface area contributed by atoms with Gasteiger partial charge in [-0.2, -0.15) is 4.68 Å². The van der Waals surface area contributed by atoms with Gasteiger partial charge in [0.15, 0.2) is 0 Å². The smallest absolute Gasteiger partial charge is 0.335 e. The van der Waals surface area contributed by atoms with Crippen LogP contribution in [0.2, 0.25) is 5.02 Å². The van der Waals surface area contributed by atoms with Crippen LogP contribution < -0.4 is 0 Å². The molecule has 1 aliphatic heterocycles. The van der Waals surface area contributed by atoms with E-state index in [0.29, 0.717) is 39.9 Å². The van der Waals surface area contributed by atoms with Crippen LogP contribution in [0.3, 0.4) is 0 Å². The number of nitrogens with one attached hydrogen (secondary N) is 1. The monoisotopic (exact) mass is 579 g/mol. The standard InChI is InChI=1S/C31H26ClN7O3/c32-24-12-13-27(39-19-34-36-37-39)22(17-24)11-14-28(40)38-15-5-10-25(20-6-2-1-3-7-20)29(38)30-33-18-26(35-30)21-8-4-9-23(16-21)31(41)42/h1-4,6-9,11-14,16-19,25,29H,5,10,15H2,(H,33,35)(H,41,42)/t25-,29-/m1/s1. The molecule has 6 rings (SSSR count). The maximum absolute atomic E-state index is 13.9. The molecular weight excluding hydrogens is 554 g/mol. The van der Waals surface area contributed by atoms with Gasteiger partial charge in [0.1, 0.15) is 12.2 Å². The number of aromatic amines is 1. The highest BCUT2D eigenvalue weighted by atomic mass is 35.5. The number of carbonyl (C=O) groups excluding carboxylic acids is 1. The topological polar surface area (TPSA) is 130 Å². The molecule has 11 heteroatoms. The molecule has 0 spiro atoms. The minimum Gasteiger partial charge on any atom is -0.478 e. The van der Waals surface area contributed by atoms with Crippen molar-refractivity contribution in [2.45, 2.75) is 24.8 Å². The van der Waals surface area contributed by atoms with Crippen molar-refractivity contribution in [3.63, 3.8) is 0 Å². The number of benzene rings is 3. The van der Waals surface area contributed by atoms with Gasteiger partial charge in [0.2, 0.25) is 5.91 Å². The lowest BCUT2D eigenvalue weighted by atomic mass is 9.83. The molecule has 0 saturated carbocycles. The zero-order valence-electron chi connectivity index (χ0n) is 22.3. The van der Waals surface area contributed by atoms with Crippen LogP contribution in [0.15, 0.2) is 91.4 Å². The first-order valence-electron chi connectivity index (χ1n) is 13.4. The molecule has 42 heavy (non-hydrogen) atoms. The molecule has 5 aromatic rings. The minimum atomic E-state index is -1.00. The van der Waals surface area contributed by atoms with Gasteiger partial charge in [-0.25, -0.2) is 9.78 Å². The number of likely N-dealkylation sites (tertiary alicyclic amines) is 1. The first-order valence-corrected chi connectivity index (χ1v) is 13.8. The molecule has 1 fully saturated rings. The Kier molecular flexibility index (Phi) is 7.61. The fourth-order valence-electron chi connectivity index (χ4n) is 5.48. The summed E-state index contributed by atoms with van der Waals surface area (Å²) in [6.07, 6.45) is 8.14. The number of halogens is 1. The van der Waals surface area contributed by atoms with Crippen LogP contribution in [0.1, 0.15) is 52.1 Å². The van der Waals surface area contributed by atoms with E-state index in [2.05, 4.69) is 32.6 Å². The number of carboxylic acid groups (broad SMARTS) is 1. The minimum absolute atomic E-state index is 0.00427. The van der Waals surface area contributed by atoms with E-state index >= 15 is 0 Å². The number of imidazole rings is 1. The van der Waals surface area contributed by atoms with Gasteiger partial charge < -0.3 is 15.0 Å². The van der Waals surface area contributed by atoms with Gasteiger partial charge in [0, 0.05) is 34.7 Å². The average molecular weight is 580 g/mol. The number of carboxylic acids is 1. The molecule has 1 saturated heterocycles. The number of piperidine rings is 1. The largest absolute Gasteiger partial charge is 0.478 e. The normalized spacial score (nSPS) is 17.0. The maximum atomic E-state index is 13.9. The van der Waals surface area contributed by atoms with E-state index in [0.717, 1.165) is 18.4 Å². The summed E-state index contributed by atoms with van der Waals surface area (Å²) in [7, 11) is 0. The predicted molar refractivity (Wildman–Crippen MR) is 157 cm³/mol. The van der Waals surface area contributed by atoms with E-state index in [4.69, 9.17) is 16.6 Å². The Morgan fingerprint density at radius 3 is 2.69 bits per heavy atom. The summed E-state index contributed by atoms with van der Waals surface area (Å²) in [6, 6.07) is 21.7. The Hall–Kier alpha value is -5.09. The zero-order chi connectivity index (χ0) is 29.1. The number of hydrogen-bond donors (Lipinski definition) is 2. The number of H-pyrrole nitrogens is 1. The van der Waals surface area contributed by atoms with Crippen molar-refractivity contribution in [2.75, 3.05) is 6.54 Å². The third kappa shape index (κ3) is 5.57. The highest BCUT2D eigenvalue weighted by Crippen LogP contribution is 2.42. The Balaban J connectivity index is 1.36. The molecule has 3 heterocycles. The Bertz CT molecular complexity index is 1750. The second-order valence-electron chi connectivity index (χ2n) is 9.99. The van der Waals surface area contributed by atoms with Gasteiger partial charge in [0.05, 0.1) is 29.2 Å². The highest BCUT2D eigenvalue weighted by Gasteiger charge is 2.37. The second kappa shape index (κ2) is 11.8. The van der Waals surface area contributed by atoms with E-state index in [9.17, 15) is 14.7 Å². The molecule has 210 valence electrons. The number of carbonyl (C=O) groups is 2. The van der Waals surface area contributed by atoms with E-state index in [-0.39, 0.29) is 23.4 Å². The lowest BCUT2D eigenvalue weighted by molar-refractivity contribution is -0.130. The van der Waals surface area contributed by atoms with Gasteiger partial charge in [-0.3, -0.25) is 4.79 Å². The molecule has 10 nitrogen and oxygen atoms in total. The van der Waals surface area contributed by atoms with Gasteiger partial charge in [-0.15, -0.1) is 5.10 Å². The summed E-state index contributed by atoms with van der Waals surface area (Å²) < 4.78 is 1.51. The van der Waals surface area contributed by atoms with Crippen molar-refractivity contribution in [2.24, 2.45) is 0 Å². The summed E-state index contributed by atoms with van der Waals surface area (Å²) >= 11 is 6.28. The lowest BCUT2D eigenvalue weighted by Crippen LogP contribution is -2.41. The summed E-state index contributed by atoms with van der Waals surface area (Å²) in [5.41, 5.74) is 4.06. The number of aromatic nitrogens is 6. The molecule has 3 aromatic carbocycles. The van der Waals surface area contributed by atoms with Crippen molar-refractivity contribution in [3.05, 3.63) is 119 Å². The number of hydrogen-bond acceptors (Lipinski definition) is 6. The molecule has 2 aromatic heterocycles. The van der Waals surface area contributed by atoms with Crippen LogP contribution in [-0.4, -0.2) is 58.6 Å². The van der Waals surface area contributed by atoms with Crippen molar-refractivity contribution in [3.8, 4) is 16.9 Å². The van der Waals surface area contributed by atoms with Crippen molar-refractivity contribution in [1.82, 2.24) is 35.1 Å². The molecular formula is C31H26ClN7O3. The second-order valence-corrected chi connectivity index (χ2v) is 10.4. The molecule has 1 aliphatic rings. The molecule has 0 aliphatic carbocycles. The van der Waals surface area contributed by atoms with Crippen LogP contribution >= 0.6 is 11.6 Å². The van der Waals surface area contributed by atoms with E-state index in [1.807, 2.05) is 29.2 Å². The number of rotatable bonds is 7. The van der Waals surface area contributed by atoms with Crippen molar-refractivity contribution in [1.29, 1.82) is 0 Å². The zero-order valence-corrected chi connectivity index (χ0v) is 23.1. The number of tetrazole rings is 1. The first kappa shape index (κ1) is 27.1. The summed E-state index contributed by atoms with van der Waals surface area (Å²) in [5, 5.41) is 21.4. The summed E-state index contributed by atoms with van der Waals surface area (Å²) in [5.74, 6) is -0.531. The van der Waals surface area contributed by atoms with Gasteiger partial charge >= 0.3 is 5.97 Å². The molecule has 2 N–H and O–H groups in total. The molecule has 0 bridgehead atoms. The van der Waals surface area contributed by atoms with E-state index < -0.39 is 5.97 Å². The predicted octanol–water partition coefficient (Wildman–Crippen LogP) is 5.56. The van der Waals surface area contributed by atoms with Crippen LogP contribution in [0, 0.1) is 0 Å². The Morgan fingerprint density at radius 2 is 1.90 bits per heavy atom. The lowest BCUT2D eigenvalue weighted by Gasteiger charge is -2.40. The van der Waals surface area contributed by atoms with Crippen LogP contribution in [-0.2, 0) is 4.79 Å². The summed E-state index contributed by atoms with van der Waals surface area (Å²) in [6.45, 7) is 0.553. The Morgan fingerprint density at radius 1 is 1.05 bits per heavy atom. The highest BCUT2D eigenvalue weighted by molar-refractivity contribution is 6.30. The van der Waals surface area contributed by atoms with E-state index in [1.165, 1.54) is 11.0 Å². The van der Waals surface area contributed by atoms with E-state index in [1.54, 1.807) is 54.7 Å². The van der Waals surface area contributed by atoms with Gasteiger partial charge in [-0.05, 0) is 65.2 Å². The van der Waals surface area contributed by atoms with Crippen molar-refractivity contribution >= 4 is 29.6 Å². The molecule has 0 unspecified atom stereocenters. The van der Waals surface area contributed by atoms with Crippen LogP contribution in [0.25, 0.3) is 23.0 Å². The summed E-state index contributed by atoms with van der Waals surface area (Å²) in [4.78, 5) is 35.3. The number of aromatic carboxylic acids is 1. The number of nitrogens with zero attached hydrogens (tertiary/aromatic N) is 6. The van der Waals surface area contributed by atoms with Gasteiger partial charge in [0.25, 0.3) is 0 Å². The van der Waals surface area contributed by atoms with Gasteiger partial charge in [-0.1, -0.05) is 54.1 Å². The molecule has 0 radical (unpaired) electrons. The average Bonchev–Trinajstić information content (AvgIpc) is 3.73. The Labute approximate surface area is 246 Å². The fourth-order valence-corrected chi connectivity index (χ4v) is 5.66. The molecule has 1 amide bonds. The maximum Gasteiger partial charge on any atom is 0.335 e. The van der Waals surface area contributed by atoms with Crippen LogP contribution in [0.5, 0.6) is 0 Å². The SMILES string of the molecule is O=C(O)c1cccc(-c2cnc([C@H]3[C@@H](c4ccccc4)CCCN3C(=O)C=Cc3cc(Cl)ccc3-n3cnnn3)[nH]2)c1. The third-order valence-electron chi connectivity index (χ3n) is 7.43. The first-order chi connectivity index (χ1) is 20.5. The quantitative estimate of drug-likeness (QED) is 0.241. The van der Waals surface area contributed by atoms with Crippen molar-refractivity contribution < 1.29 is 14.7 Å². The fraction of sp³-hybridized carbons (Fsp3) is 0.161. The molecule has 2 atom stereocenters. The van der Waals surface area contributed by atoms with Crippen LogP contribution in [0.4, 0.5) is 0 Å².